The molecule has 0 aliphatic carbocycles. The van der Waals surface area contributed by atoms with E-state index in [1.807, 2.05) is 0 Å². The first-order valence-corrected chi connectivity index (χ1v) is 10.3. The predicted molar refractivity (Wildman–Crippen MR) is 105 cm³/mol. The van der Waals surface area contributed by atoms with Gasteiger partial charge in [-0.25, -0.2) is 13.8 Å². The largest absolute Gasteiger partial charge is 0.350 e. The summed E-state index contributed by atoms with van der Waals surface area (Å²) in [6, 6.07) is 3.19. The van der Waals surface area contributed by atoms with Gasteiger partial charge in [-0.2, -0.15) is 8.91 Å². The van der Waals surface area contributed by atoms with Gasteiger partial charge >= 0.3 is 5.56 Å². The third-order valence-electron chi connectivity index (χ3n) is 5.03. The van der Waals surface area contributed by atoms with E-state index in [0.717, 1.165) is 21.9 Å². The Kier molecular flexibility index (Phi) is 5.46. The Hall–Kier alpha value is -2.95. The summed E-state index contributed by atoms with van der Waals surface area (Å²) in [6.45, 7) is 2.06. The maximum Gasteiger partial charge on any atom is 0.311 e. The van der Waals surface area contributed by atoms with Crippen LogP contribution in [0.5, 0.6) is 0 Å². The Morgan fingerprint density at radius 1 is 1.30 bits per heavy atom. The van der Waals surface area contributed by atoms with E-state index < -0.39 is 29.1 Å². The lowest BCUT2D eigenvalue weighted by atomic mass is 10.1. The summed E-state index contributed by atoms with van der Waals surface area (Å²) in [5, 5.41) is 7.17. The number of aromatic nitrogens is 3. The van der Waals surface area contributed by atoms with Crippen molar-refractivity contribution in [1.29, 1.82) is 0 Å². The molecule has 158 valence electrons. The van der Waals surface area contributed by atoms with Gasteiger partial charge in [0.05, 0.1) is 5.69 Å². The first kappa shape index (κ1) is 20.3. The smallest absolute Gasteiger partial charge is 0.311 e. The molecule has 0 radical (unpaired) electrons. The van der Waals surface area contributed by atoms with Crippen LogP contribution in [0.25, 0.3) is 4.96 Å². The highest BCUT2D eigenvalue weighted by atomic mass is 32.1. The van der Waals surface area contributed by atoms with Gasteiger partial charge in [-0.3, -0.25) is 9.59 Å². The number of nitrogens with one attached hydrogen (secondary N) is 1. The topological polar surface area (TPSA) is 79.6 Å². The summed E-state index contributed by atoms with van der Waals surface area (Å²) in [6.07, 6.45) is 1.51. The van der Waals surface area contributed by atoms with Crippen LogP contribution >= 0.6 is 11.3 Å². The van der Waals surface area contributed by atoms with Crippen LogP contribution < -0.4 is 15.8 Å². The van der Waals surface area contributed by atoms with Gasteiger partial charge in [-0.15, -0.1) is 5.10 Å². The minimum Gasteiger partial charge on any atom is -0.350 e. The van der Waals surface area contributed by atoms with Gasteiger partial charge in [-0.05, 0) is 25.3 Å². The number of anilines is 1. The molecule has 1 unspecified atom stereocenters. The number of benzene rings is 1. The molecule has 1 aliphatic rings. The molecule has 30 heavy (non-hydrogen) atoms. The van der Waals surface area contributed by atoms with Crippen molar-refractivity contribution in [1.82, 2.24) is 19.9 Å². The van der Waals surface area contributed by atoms with E-state index in [9.17, 15) is 22.8 Å². The van der Waals surface area contributed by atoms with Crippen LogP contribution in [0.2, 0.25) is 0 Å². The number of carbonyl (C=O) groups is 1. The first-order chi connectivity index (χ1) is 14.4. The number of fused-ring (bicyclic) bond motifs is 1. The Morgan fingerprint density at radius 2 is 2.10 bits per heavy atom. The number of hydrogen-bond acceptors (Lipinski definition) is 6. The van der Waals surface area contributed by atoms with Crippen LogP contribution in [0.15, 0.2) is 23.0 Å². The summed E-state index contributed by atoms with van der Waals surface area (Å²) in [7, 11) is 0. The summed E-state index contributed by atoms with van der Waals surface area (Å²) in [4.78, 5) is 31.0. The van der Waals surface area contributed by atoms with E-state index in [-0.39, 0.29) is 35.1 Å². The van der Waals surface area contributed by atoms with Gasteiger partial charge in [0.1, 0.15) is 6.04 Å². The van der Waals surface area contributed by atoms with Crippen LogP contribution in [0.1, 0.15) is 31.0 Å². The Morgan fingerprint density at radius 3 is 2.87 bits per heavy atom. The number of amides is 1. The molecule has 3 heterocycles. The molecule has 1 aliphatic heterocycles. The van der Waals surface area contributed by atoms with Crippen molar-refractivity contribution in [2.45, 2.75) is 38.8 Å². The number of rotatable bonds is 5. The van der Waals surface area contributed by atoms with Crippen LogP contribution in [0.3, 0.4) is 0 Å². The second-order valence-electron chi connectivity index (χ2n) is 6.89. The van der Waals surface area contributed by atoms with Crippen molar-refractivity contribution in [2.75, 3.05) is 11.4 Å². The van der Waals surface area contributed by atoms with Gasteiger partial charge in [0, 0.05) is 18.7 Å². The van der Waals surface area contributed by atoms with Crippen molar-refractivity contribution < 1.29 is 18.0 Å². The third kappa shape index (κ3) is 3.53. The fourth-order valence-electron chi connectivity index (χ4n) is 3.46. The zero-order chi connectivity index (χ0) is 21.4. The van der Waals surface area contributed by atoms with Crippen molar-refractivity contribution in [3.63, 3.8) is 0 Å². The third-order valence-corrected chi connectivity index (χ3v) is 5.98. The van der Waals surface area contributed by atoms with E-state index in [0.29, 0.717) is 24.5 Å². The SMILES string of the molecule is CCc1nc2sc(N3CCCC3C(=O)NCc3cccc(F)c3F)nn2c(=O)c1F. The zero-order valence-electron chi connectivity index (χ0n) is 16.0. The summed E-state index contributed by atoms with van der Waals surface area (Å²) < 4.78 is 42.1. The molecule has 3 aromatic rings. The summed E-state index contributed by atoms with van der Waals surface area (Å²) in [5.41, 5.74) is -0.754. The molecule has 1 amide bonds. The molecule has 0 saturated carbocycles. The molecule has 7 nitrogen and oxygen atoms in total. The standard InChI is InChI=1S/C19H18F3N5O2S/c1-2-12-15(22)17(29)27-18(24-12)30-19(25-27)26-8-4-7-13(26)16(28)23-9-10-5-3-6-11(20)14(10)21/h3,5-6,13H,2,4,7-9H2,1H3,(H,23,28). The maximum absolute atomic E-state index is 14.1. The molecule has 2 aromatic heterocycles. The zero-order valence-corrected chi connectivity index (χ0v) is 16.8. The van der Waals surface area contributed by atoms with Crippen LogP contribution in [-0.2, 0) is 17.8 Å². The van der Waals surface area contributed by atoms with Gasteiger partial charge in [0.2, 0.25) is 21.8 Å². The van der Waals surface area contributed by atoms with Crippen molar-refractivity contribution in [3.05, 3.63) is 57.3 Å². The molecule has 11 heteroatoms. The van der Waals surface area contributed by atoms with Gasteiger partial charge in [-0.1, -0.05) is 30.4 Å². The van der Waals surface area contributed by atoms with Crippen molar-refractivity contribution in [2.24, 2.45) is 0 Å². The quantitative estimate of drug-likeness (QED) is 0.663. The Bertz CT molecular complexity index is 1180. The fraction of sp³-hybridized carbons (Fsp3) is 0.368. The molecule has 1 aromatic carbocycles. The number of carbonyl (C=O) groups excluding carboxylic acids is 1. The molecule has 0 bridgehead atoms. The lowest BCUT2D eigenvalue weighted by Gasteiger charge is -2.22. The van der Waals surface area contributed by atoms with Gasteiger partial charge < -0.3 is 10.2 Å². The monoisotopic (exact) mass is 437 g/mol. The number of aryl methyl sites for hydroxylation is 1. The van der Waals surface area contributed by atoms with Crippen LogP contribution in [0, 0.1) is 17.5 Å². The number of halogens is 3. The Balaban J connectivity index is 1.56. The number of hydrogen-bond donors (Lipinski definition) is 1. The fourth-order valence-corrected chi connectivity index (χ4v) is 4.45. The lowest BCUT2D eigenvalue weighted by Crippen LogP contribution is -2.43. The van der Waals surface area contributed by atoms with Crippen LogP contribution in [0.4, 0.5) is 18.3 Å². The first-order valence-electron chi connectivity index (χ1n) is 9.46. The number of nitrogens with zero attached hydrogens (tertiary/aromatic N) is 4. The highest BCUT2D eigenvalue weighted by Crippen LogP contribution is 2.29. The van der Waals surface area contributed by atoms with Crippen molar-refractivity contribution in [3.8, 4) is 0 Å². The van der Waals surface area contributed by atoms with E-state index in [4.69, 9.17) is 0 Å². The van der Waals surface area contributed by atoms with E-state index in [2.05, 4.69) is 15.4 Å². The minimum absolute atomic E-state index is 0.0474. The summed E-state index contributed by atoms with van der Waals surface area (Å²) >= 11 is 1.10. The molecule has 1 fully saturated rings. The van der Waals surface area contributed by atoms with E-state index >= 15 is 0 Å². The predicted octanol–water partition coefficient (Wildman–Crippen LogP) is 2.42. The minimum atomic E-state index is -0.994. The average Bonchev–Trinajstić information content (AvgIpc) is 3.38. The van der Waals surface area contributed by atoms with Gasteiger partial charge in [0.15, 0.2) is 11.6 Å². The molecule has 0 spiro atoms. The lowest BCUT2D eigenvalue weighted by molar-refractivity contribution is -0.122. The highest BCUT2D eigenvalue weighted by molar-refractivity contribution is 7.20. The van der Waals surface area contributed by atoms with E-state index in [1.165, 1.54) is 12.1 Å². The van der Waals surface area contributed by atoms with Crippen LogP contribution in [-0.4, -0.2) is 33.1 Å². The molecular formula is C19H18F3N5O2S. The molecule has 1 N–H and O–H groups in total. The second-order valence-corrected chi connectivity index (χ2v) is 7.83. The van der Waals surface area contributed by atoms with E-state index in [1.54, 1.807) is 11.8 Å². The average molecular weight is 437 g/mol. The molecular weight excluding hydrogens is 419 g/mol. The normalized spacial score (nSPS) is 16.4. The van der Waals surface area contributed by atoms with Gasteiger partial charge in [0.25, 0.3) is 0 Å². The highest BCUT2D eigenvalue weighted by Gasteiger charge is 2.33. The Labute approximate surface area is 173 Å². The molecule has 4 rings (SSSR count). The van der Waals surface area contributed by atoms with Crippen molar-refractivity contribution >= 4 is 27.3 Å². The second kappa shape index (κ2) is 8.05. The summed E-state index contributed by atoms with van der Waals surface area (Å²) in [5.74, 6) is -3.27. The molecule has 1 atom stereocenters. The molecule has 1 saturated heterocycles. The maximum atomic E-state index is 14.1.